The molecule has 0 fully saturated rings. The van der Waals surface area contributed by atoms with Crippen LogP contribution in [0.15, 0.2) is 23.2 Å². The second-order valence-electron chi connectivity index (χ2n) is 6.43. The molecule has 3 heterocycles. The highest BCUT2D eigenvalue weighted by Crippen LogP contribution is 2.36. The van der Waals surface area contributed by atoms with Crippen LogP contribution in [0.2, 0.25) is 0 Å². The predicted molar refractivity (Wildman–Crippen MR) is 98.9 cm³/mol. The average Bonchev–Trinajstić information content (AvgIpc) is 3.28. The zero-order valence-electron chi connectivity index (χ0n) is 15.1. The number of aromatic nitrogens is 3. The number of thiazole rings is 1. The van der Waals surface area contributed by atoms with Crippen molar-refractivity contribution in [3.05, 3.63) is 34.4 Å². The van der Waals surface area contributed by atoms with Gasteiger partial charge in [-0.05, 0) is 33.8 Å². The minimum atomic E-state index is -0.284. The molecule has 136 valence electrons. The third-order valence-electron chi connectivity index (χ3n) is 4.26. The normalized spacial score (nSPS) is 14.0. The summed E-state index contributed by atoms with van der Waals surface area (Å²) in [5.41, 5.74) is 2.30. The zero-order valence-corrected chi connectivity index (χ0v) is 16.0. The smallest absolute Gasteiger partial charge is 0.297 e. The van der Waals surface area contributed by atoms with Crippen molar-refractivity contribution in [3.8, 4) is 11.5 Å². The summed E-state index contributed by atoms with van der Waals surface area (Å²) in [5, 5.41) is 4.40. The van der Waals surface area contributed by atoms with Gasteiger partial charge in [0.25, 0.3) is 5.91 Å². The van der Waals surface area contributed by atoms with Crippen molar-refractivity contribution in [3.63, 3.8) is 0 Å². The van der Waals surface area contributed by atoms with E-state index in [2.05, 4.69) is 10.1 Å². The number of aryl methyl sites for hydroxylation is 2. The number of fused-ring (bicyclic) bond motifs is 2. The van der Waals surface area contributed by atoms with Crippen LogP contribution < -0.4 is 14.3 Å². The van der Waals surface area contributed by atoms with Gasteiger partial charge in [-0.25, -0.2) is 0 Å². The second kappa shape index (κ2) is 6.28. The summed E-state index contributed by atoms with van der Waals surface area (Å²) < 4.78 is 15.7. The van der Waals surface area contributed by atoms with E-state index < -0.39 is 0 Å². The molecule has 0 saturated carbocycles. The molecule has 7 nitrogen and oxygen atoms in total. The van der Waals surface area contributed by atoms with Crippen LogP contribution in [0.4, 0.5) is 0 Å². The monoisotopic (exact) mass is 372 g/mol. The quantitative estimate of drug-likeness (QED) is 0.707. The predicted octanol–water partition coefficient (Wildman–Crippen LogP) is 3.28. The van der Waals surface area contributed by atoms with E-state index in [1.807, 2.05) is 44.4 Å². The largest absolute Gasteiger partial charge is 0.454 e. The molecule has 0 spiro atoms. The van der Waals surface area contributed by atoms with Crippen molar-refractivity contribution in [2.75, 3.05) is 6.79 Å². The Morgan fingerprint density at radius 3 is 2.73 bits per heavy atom. The van der Waals surface area contributed by atoms with E-state index in [1.165, 1.54) is 11.3 Å². The fourth-order valence-corrected chi connectivity index (χ4v) is 4.17. The Kier molecular flexibility index (Phi) is 4.07. The van der Waals surface area contributed by atoms with E-state index in [9.17, 15) is 4.79 Å². The molecule has 8 heteroatoms. The van der Waals surface area contributed by atoms with Crippen molar-refractivity contribution in [1.82, 2.24) is 14.3 Å². The lowest BCUT2D eigenvalue weighted by Crippen LogP contribution is -2.18. The van der Waals surface area contributed by atoms with Gasteiger partial charge in [0.15, 0.2) is 16.3 Å². The molecule has 0 N–H and O–H groups in total. The number of amides is 1. The van der Waals surface area contributed by atoms with Crippen molar-refractivity contribution >= 4 is 27.5 Å². The van der Waals surface area contributed by atoms with Crippen LogP contribution in [0.1, 0.15) is 43.0 Å². The summed E-state index contributed by atoms with van der Waals surface area (Å²) >= 11 is 1.47. The Morgan fingerprint density at radius 1 is 1.31 bits per heavy atom. The van der Waals surface area contributed by atoms with Crippen LogP contribution in [0, 0.1) is 6.92 Å². The van der Waals surface area contributed by atoms with Crippen LogP contribution >= 0.6 is 11.3 Å². The zero-order chi connectivity index (χ0) is 18.4. The molecule has 3 aromatic rings. The molecule has 1 aliphatic heterocycles. The maximum Gasteiger partial charge on any atom is 0.297 e. The van der Waals surface area contributed by atoms with E-state index >= 15 is 0 Å². The lowest BCUT2D eigenvalue weighted by Gasteiger charge is -2.08. The fraction of sp³-hybridized carbons (Fsp3) is 0.389. The summed E-state index contributed by atoms with van der Waals surface area (Å²) in [7, 11) is 0. The number of hydrogen-bond acceptors (Lipinski definition) is 5. The first-order valence-electron chi connectivity index (χ1n) is 8.56. The number of rotatable bonds is 3. The van der Waals surface area contributed by atoms with Gasteiger partial charge in [-0.15, -0.1) is 0 Å². The minimum absolute atomic E-state index is 0.0934. The maximum atomic E-state index is 12.8. The molecule has 0 unspecified atom stereocenters. The molecule has 1 aromatic carbocycles. The van der Waals surface area contributed by atoms with Crippen molar-refractivity contribution < 1.29 is 14.3 Å². The second-order valence-corrected chi connectivity index (χ2v) is 7.44. The van der Waals surface area contributed by atoms with Gasteiger partial charge in [0.2, 0.25) is 6.79 Å². The Morgan fingerprint density at radius 2 is 2.04 bits per heavy atom. The molecule has 4 rings (SSSR count). The molecule has 1 amide bonds. The van der Waals surface area contributed by atoms with Crippen molar-refractivity contribution in [2.24, 2.45) is 4.99 Å². The van der Waals surface area contributed by atoms with Crippen molar-refractivity contribution in [1.29, 1.82) is 0 Å². The highest BCUT2D eigenvalue weighted by molar-refractivity contribution is 7.16. The molecule has 1 aliphatic rings. The Bertz CT molecular complexity index is 1070. The highest BCUT2D eigenvalue weighted by Gasteiger charge is 2.19. The molecule has 2 aromatic heterocycles. The summed E-state index contributed by atoms with van der Waals surface area (Å²) in [6, 6.07) is 5.77. The third-order valence-corrected chi connectivity index (χ3v) is 5.30. The number of nitrogens with zero attached hydrogens (tertiary/aromatic N) is 4. The van der Waals surface area contributed by atoms with Crippen LogP contribution in [0.25, 0.3) is 10.2 Å². The first-order chi connectivity index (χ1) is 12.5. The van der Waals surface area contributed by atoms with Crippen LogP contribution in [0.3, 0.4) is 0 Å². The van der Waals surface area contributed by atoms with E-state index in [0.29, 0.717) is 17.0 Å². The van der Waals surface area contributed by atoms with E-state index in [-0.39, 0.29) is 18.7 Å². The maximum absolute atomic E-state index is 12.8. The molecule has 0 saturated heterocycles. The van der Waals surface area contributed by atoms with Crippen LogP contribution in [-0.4, -0.2) is 27.0 Å². The van der Waals surface area contributed by atoms with Gasteiger partial charge in [0, 0.05) is 24.7 Å². The van der Waals surface area contributed by atoms with E-state index in [1.54, 1.807) is 10.7 Å². The molecule has 0 bridgehead atoms. The number of carbonyl (C=O) groups is 1. The summed E-state index contributed by atoms with van der Waals surface area (Å²) in [6.45, 7) is 8.85. The number of carbonyl (C=O) groups excluding carboxylic acids is 1. The lowest BCUT2D eigenvalue weighted by molar-refractivity contribution is 0.0985. The van der Waals surface area contributed by atoms with Crippen LogP contribution in [0.5, 0.6) is 11.5 Å². The van der Waals surface area contributed by atoms with Gasteiger partial charge < -0.3 is 14.0 Å². The number of benzene rings is 1. The SMILES string of the molecule is CCn1c(=NC(=O)c2cc(C)nn2C(C)C)sc2cc3c(cc21)OCO3. The molecule has 0 radical (unpaired) electrons. The van der Waals surface area contributed by atoms with E-state index in [0.717, 1.165) is 27.4 Å². The molecular weight excluding hydrogens is 352 g/mol. The molecular formula is C18H20N4O3S. The Balaban J connectivity index is 1.85. The first kappa shape index (κ1) is 16.8. The summed E-state index contributed by atoms with van der Waals surface area (Å²) in [4.78, 5) is 17.9. The molecule has 0 atom stereocenters. The minimum Gasteiger partial charge on any atom is -0.454 e. The Hall–Kier alpha value is -2.61. The van der Waals surface area contributed by atoms with Gasteiger partial charge in [-0.3, -0.25) is 9.48 Å². The van der Waals surface area contributed by atoms with E-state index in [4.69, 9.17) is 9.47 Å². The van der Waals surface area contributed by atoms with Crippen LogP contribution in [-0.2, 0) is 6.54 Å². The van der Waals surface area contributed by atoms with Gasteiger partial charge >= 0.3 is 0 Å². The molecule has 26 heavy (non-hydrogen) atoms. The fourth-order valence-electron chi connectivity index (χ4n) is 3.06. The van der Waals surface area contributed by atoms with Gasteiger partial charge in [-0.1, -0.05) is 11.3 Å². The third kappa shape index (κ3) is 2.70. The summed E-state index contributed by atoms with van der Waals surface area (Å²) in [6.07, 6.45) is 0. The molecule has 0 aliphatic carbocycles. The average molecular weight is 372 g/mol. The number of ether oxygens (including phenoxy) is 2. The summed E-state index contributed by atoms with van der Waals surface area (Å²) in [5.74, 6) is 1.17. The van der Waals surface area contributed by atoms with Gasteiger partial charge in [0.05, 0.1) is 15.9 Å². The Labute approximate surface area is 154 Å². The first-order valence-corrected chi connectivity index (χ1v) is 9.37. The lowest BCUT2D eigenvalue weighted by atomic mass is 10.3. The van der Waals surface area contributed by atoms with Gasteiger partial charge in [-0.2, -0.15) is 10.1 Å². The van der Waals surface area contributed by atoms with Gasteiger partial charge in [0.1, 0.15) is 5.69 Å². The van der Waals surface area contributed by atoms with Crippen molar-refractivity contribution in [2.45, 2.75) is 40.3 Å². The standard InChI is InChI=1S/C18H20N4O3S/c1-5-21-12-7-14-15(25-9-24-14)8-16(12)26-18(21)19-17(23)13-6-11(4)20-22(13)10(2)3/h6-8,10H,5,9H2,1-4H3. The number of hydrogen-bond donors (Lipinski definition) is 0. The topological polar surface area (TPSA) is 70.6 Å². The highest BCUT2D eigenvalue weighted by atomic mass is 32.1.